The van der Waals surface area contributed by atoms with E-state index in [1.165, 1.54) is 216 Å². The minimum absolute atomic E-state index is 0.451. The van der Waals surface area contributed by atoms with Crippen LogP contribution in [0.1, 0.15) is 79.6 Å². The normalized spacial score (nSPS) is 14.9. The lowest BCUT2D eigenvalue weighted by molar-refractivity contribution is 0.794. The van der Waals surface area contributed by atoms with Gasteiger partial charge >= 0.3 is 0 Å². The smallest absolute Gasteiger partial charge is 0.0725 e. The van der Waals surface area contributed by atoms with E-state index < -0.39 is 16.2 Å². The van der Waals surface area contributed by atoms with E-state index in [4.69, 9.17) is 0 Å². The van der Waals surface area contributed by atoms with Gasteiger partial charge in [-0.25, -0.2) is 0 Å². The SMILES string of the molecule is C1=CCCC(n2c3ccc(-c4ccc5c(c4)C4(c6ccccc6-c6ccccc64)c4ccccc4-5)cc3c3cc(-c4ccc(-c5ccc6c(c5)C5(c7ccccc7-c7ccccc75)c5ccccc5-6)c5c6cc(-c7ccc8c(c7)C7(c9ccccc9-c9ccccc97)c7ccccc7-8)ccc6n(-c6ccccc6)c45)ccc32)=C1. The third-order valence-electron chi connectivity index (χ3n) is 27.2. The molecule has 0 fully saturated rings. The average molecular weight is 1430 g/mol. The molecule has 0 unspecified atom stereocenters. The fraction of sp³-hybridized carbons (Fsp3) is 0.0450. The van der Waals surface area contributed by atoms with Gasteiger partial charge < -0.3 is 9.13 Å². The molecule has 3 spiro atoms. The topological polar surface area (TPSA) is 9.86 Å². The Bertz CT molecular complexity index is 7380. The van der Waals surface area contributed by atoms with Gasteiger partial charge in [0.2, 0.25) is 0 Å². The number of rotatable bonds is 6. The zero-order valence-corrected chi connectivity index (χ0v) is 61.8. The van der Waals surface area contributed by atoms with Crippen molar-refractivity contribution in [1.82, 2.24) is 9.13 Å². The monoisotopic (exact) mass is 1430 g/mol. The molecular weight excluding hydrogens is 1360 g/mol. The quantitative estimate of drug-likeness (QED) is 0.157. The third kappa shape index (κ3) is 7.78. The summed E-state index contributed by atoms with van der Waals surface area (Å²) in [5.74, 6) is 0. The Balaban J connectivity index is 0.722. The molecule has 0 saturated carbocycles. The number of para-hydroxylation sites is 1. The summed E-state index contributed by atoms with van der Waals surface area (Å²) in [5.41, 5.74) is 47.0. The van der Waals surface area contributed by atoms with Gasteiger partial charge in [-0.2, -0.15) is 0 Å². The lowest BCUT2D eigenvalue weighted by atomic mass is 9.70. The molecule has 0 bridgehead atoms. The Hall–Kier alpha value is -14.2. The first-order chi connectivity index (χ1) is 56.1. The molecule has 17 aromatic carbocycles. The van der Waals surface area contributed by atoms with E-state index in [0.717, 1.165) is 29.6 Å². The maximum atomic E-state index is 2.59. The molecule has 0 aliphatic heterocycles. The summed E-state index contributed by atoms with van der Waals surface area (Å²) in [7, 11) is 0. The summed E-state index contributed by atoms with van der Waals surface area (Å²) in [5, 5.41) is 4.88. The van der Waals surface area contributed by atoms with Crippen molar-refractivity contribution in [3.8, 4) is 117 Å². The van der Waals surface area contributed by atoms with E-state index >= 15 is 0 Å². The van der Waals surface area contributed by atoms with Gasteiger partial charge in [-0.15, -0.1) is 0 Å². The number of fused-ring (bicyclic) bond motifs is 36. The lowest BCUT2D eigenvalue weighted by Crippen LogP contribution is -2.25. The highest BCUT2D eigenvalue weighted by atomic mass is 15.0. The van der Waals surface area contributed by atoms with E-state index in [1.807, 2.05) is 0 Å². The molecular formula is C111H68N2. The summed E-state index contributed by atoms with van der Waals surface area (Å²) < 4.78 is 5.15. The van der Waals surface area contributed by atoms with Crippen LogP contribution in [0.4, 0.5) is 0 Å². The lowest BCUT2D eigenvalue weighted by Gasteiger charge is -2.30. The number of benzene rings is 17. The van der Waals surface area contributed by atoms with Crippen molar-refractivity contribution < 1.29 is 0 Å². The van der Waals surface area contributed by atoms with Crippen LogP contribution >= 0.6 is 0 Å². The Kier molecular flexibility index (Phi) is 12.3. The Morgan fingerprint density at radius 3 is 0.885 bits per heavy atom. The molecule has 7 aliphatic rings. The molecule has 113 heavy (non-hydrogen) atoms. The van der Waals surface area contributed by atoms with Crippen molar-refractivity contribution in [2.75, 3.05) is 0 Å². The minimum atomic E-state index is -0.522. The molecule has 2 heteroatoms. The second kappa shape index (κ2) is 22.5. The van der Waals surface area contributed by atoms with Gasteiger partial charge in [-0.05, 0) is 258 Å². The van der Waals surface area contributed by atoms with E-state index in [2.05, 4.69) is 397 Å². The van der Waals surface area contributed by atoms with Crippen LogP contribution in [0.5, 0.6) is 0 Å². The molecule has 0 amide bonds. The second-order valence-electron chi connectivity index (χ2n) is 32.2. The summed E-state index contributed by atoms with van der Waals surface area (Å²) in [4.78, 5) is 0. The Labute approximate surface area is 655 Å². The standard InChI is InChI=1S/C111H68N2/c1-3-25-73(26-4-1)112-104-58-50-67(69-47-53-86-83-35-13-22-44-98(83)109(101(86)64-69)92-38-16-7-29-77(92)78-30-8-17-39-93(78)109)61-89(104)90-63-71(52-60-105(90)112)76-57-56-75(72-49-55-88-85-37-15-24-46-100(85)111(103(88)66-72)96-42-20-11-33-81(96)82-34-12-21-43-97(82)111)107-91-62-68(51-59-106(91)113(108(76)107)74-27-5-2-6-28-74)70-48-54-87-84-36-14-23-45-99(84)110(102(87)65-70)94-40-18-9-31-79(94)80-32-10-19-41-95(80)110/h1-3,5-25,27-66H,4,26H2. The summed E-state index contributed by atoms with van der Waals surface area (Å²) in [6.45, 7) is 0. The fourth-order valence-corrected chi connectivity index (χ4v) is 22.9. The highest BCUT2D eigenvalue weighted by molar-refractivity contribution is 6.22. The zero-order valence-electron chi connectivity index (χ0n) is 61.8. The van der Waals surface area contributed by atoms with Crippen LogP contribution in [-0.2, 0) is 16.2 Å². The first kappa shape index (κ1) is 61.7. The third-order valence-corrected chi connectivity index (χ3v) is 27.2. The van der Waals surface area contributed by atoms with Gasteiger partial charge in [0.25, 0.3) is 0 Å². The summed E-state index contributed by atoms with van der Waals surface area (Å²) in [6.07, 6.45) is 8.84. The highest BCUT2D eigenvalue weighted by Crippen LogP contribution is 2.67. The van der Waals surface area contributed by atoms with Gasteiger partial charge in [-0.1, -0.05) is 315 Å². The van der Waals surface area contributed by atoms with Crippen LogP contribution in [0.25, 0.3) is 166 Å². The number of allylic oxidation sites excluding steroid dienone is 4. The van der Waals surface area contributed by atoms with Crippen molar-refractivity contribution in [3.63, 3.8) is 0 Å². The molecule has 2 nitrogen and oxygen atoms in total. The number of hydrogen-bond donors (Lipinski definition) is 0. The minimum Gasteiger partial charge on any atom is -0.313 e. The maximum Gasteiger partial charge on any atom is 0.0725 e. The molecule has 19 aromatic rings. The molecule has 522 valence electrons. The van der Waals surface area contributed by atoms with Crippen LogP contribution in [0.2, 0.25) is 0 Å². The van der Waals surface area contributed by atoms with Crippen LogP contribution < -0.4 is 0 Å². The highest BCUT2D eigenvalue weighted by Gasteiger charge is 2.55. The molecule has 2 aromatic heterocycles. The fourth-order valence-electron chi connectivity index (χ4n) is 22.9. The molecule has 7 aliphatic carbocycles. The van der Waals surface area contributed by atoms with Gasteiger partial charge in [0, 0.05) is 38.5 Å². The van der Waals surface area contributed by atoms with Crippen LogP contribution in [0, 0.1) is 0 Å². The van der Waals surface area contributed by atoms with Crippen LogP contribution in [0.3, 0.4) is 0 Å². The van der Waals surface area contributed by atoms with Crippen molar-refractivity contribution in [1.29, 1.82) is 0 Å². The molecule has 0 atom stereocenters. The molecule has 26 rings (SSSR count). The summed E-state index contributed by atoms with van der Waals surface area (Å²) >= 11 is 0. The number of aromatic nitrogens is 2. The van der Waals surface area contributed by atoms with E-state index in [0.29, 0.717) is 0 Å². The van der Waals surface area contributed by atoms with Gasteiger partial charge in [-0.3, -0.25) is 0 Å². The Morgan fingerprint density at radius 1 is 0.212 bits per heavy atom. The predicted octanol–water partition coefficient (Wildman–Crippen LogP) is 27.8. The van der Waals surface area contributed by atoms with E-state index in [-0.39, 0.29) is 0 Å². The van der Waals surface area contributed by atoms with Crippen LogP contribution in [-0.4, -0.2) is 9.13 Å². The molecule has 0 saturated heterocycles. The van der Waals surface area contributed by atoms with Gasteiger partial charge in [0.1, 0.15) is 0 Å². The first-order valence-corrected chi connectivity index (χ1v) is 40.0. The van der Waals surface area contributed by atoms with Crippen molar-refractivity contribution in [2.45, 2.75) is 29.1 Å². The second-order valence-corrected chi connectivity index (χ2v) is 32.2. The molecule has 0 radical (unpaired) electrons. The Morgan fingerprint density at radius 2 is 0.496 bits per heavy atom. The predicted molar refractivity (Wildman–Crippen MR) is 467 cm³/mol. The van der Waals surface area contributed by atoms with Gasteiger partial charge in [0.05, 0.1) is 38.3 Å². The van der Waals surface area contributed by atoms with Gasteiger partial charge in [0.15, 0.2) is 0 Å². The van der Waals surface area contributed by atoms with Crippen molar-refractivity contribution >= 4 is 49.3 Å². The largest absolute Gasteiger partial charge is 0.313 e. The van der Waals surface area contributed by atoms with Crippen molar-refractivity contribution in [3.05, 3.63) is 455 Å². The van der Waals surface area contributed by atoms with Crippen molar-refractivity contribution in [2.24, 2.45) is 0 Å². The van der Waals surface area contributed by atoms with E-state index in [1.54, 1.807) is 0 Å². The average Bonchev–Trinajstić information content (AvgIpc) is 1.52. The number of hydrogen-bond acceptors (Lipinski definition) is 0. The molecule has 2 heterocycles. The summed E-state index contributed by atoms with van der Waals surface area (Å²) in [6, 6.07) is 143. The number of nitrogens with zero attached hydrogens (tertiary/aromatic N) is 2. The van der Waals surface area contributed by atoms with Crippen LogP contribution in [0.15, 0.2) is 388 Å². The van der Waals surface area contributed by atoms with E-state index in [9.17, 15) is 0 Å². The maximum absolute atomic E-state index is 2.59. The molecule has 0 N–H and O–H groups in total. The zero-order chi connectivity index (χ0) is 73.6. The first-order valence-electron chi connectivity index (χ1n) is 40.0.